The van der Waals surface area contributed by atoms with E-state index in [-0.39, 0.29) is 56.8 Å². The molecule has 10 nitrogen and oxygen atoms in total. The molecule has 3 rings (SSSR count). The van der Waals surface area contributed by atoms with E-state index in [1.165, 1.54) is 0 Å². The fraction of sp³-hybridized carbons (Fsp3) is 0.118. The molecule has 0 aliphatic heterocycles. The van der Waals surface area contributed by atoms with Crippen molar-refractivity contribution in [3.63, 3.8) is 0 Å². The smallest absolute Gasteiger partial charge is 0 e. The molecule has 0 aromatic carbocycles. The quantitative estimate of drug-likeness (QED) is 0.307. The van der Waals surface area contributed by atoms with Gasteiger partial charge in [-0.25, -0.2) is 0 Å². The van der Waals surface area contributed by atoms with Crippen LogP contribution in [0, 0.1) is 21.3 Å². The molecule has 0 spiro atoms. The van der Waals surface area contributed by atoms with E-state index in [4.69, 9.17) is 0 Å². The van der Waals surface area contributed by atoms with E-state index in [0.717, 1.165) is 34.2 Å². The van der Waals surface area contributed by atoms with E-state index in [9.17, 15) is 0 Å². The molecule has 0 bridgehead atoms. The van der Waals surface area contributed by atoms with Gasteiger partial charge in [0.05, 0.1) is 11.4 Å². The van der Waals surface area contributed by atoms with Crippen molar-refractivity contribution in [2.45, 2.75) is 13.8 Å². The summed E-state index contributed by atoms with van der Waals surface area (Å²) in [5.41, 5.74) is 5.14. The summed E-state index contributed by atoms with van der Waals surface area (Å²) in [5, 5.41) is 8.49. The Kier molecular flexibility index (Phi) is 36.8. The number of hydrogen-bond acceptors (Lipinski definition) is 4. The number of rotatable bonds is 2. The van der Waals surface area contributed by atoms with Crippen LogP contribution in [-0.4, -0.2) is 53.0 Å². The van der Waals surface area contributed by atoms with Crippen LogP contribution in [0.5, 0.6) is 0 Å². The Morgan fingerprint density at radius 2 is 0.867 bits per heavy atom. The normalized spacial score (nSPS) is 7.23. The molecule has 12 N–H and O–H groups in total. The molecule has 0 aliphatic carbocycles. The Morgan fingerprint density at radius 1 is 0.567 bits per heavy atom. The van der Waals surface area contributed by atoms with E-state index in [1.807, 2.05) is 62.4 Å². The van der Waals surface area contributed by atoms with Crippen LogP contribution in [0.2, 0.25) is 0 Å². The maximum atomic E-state index is 4.44. The van der Waals surface area contributed by atoms with Crippen molar-refractivity contribution in [3.8, 4) is 22.8 Å². The molecular formula is C17H29ClN4Ni2O6-. The third kappa shape index (κ3) is 12.9. The summed E-state index contributed by atoms with van der Waals surface area (Å²) < 4.78 is 0. The second kappa shape index (κ2) is 23.7. The number of aromatic nitrogens is 4. The predicted octanol–water partition coefficient (Wildman–Crippen LogP) is -0.596. The number of pyridine rings is 2. The zero-order valence-corrected chi connectivity index (χ0v) is 19.1. The number of aryl methyl sites for hydroxylation is 2. The number of halogens is 1. The molecular weight excluding hydrogens is 509 g/mol. The first-order valence-electron chi connectivity index (χ1n) is 6.56. The SMILES string of the molecule is Cc1cccc(-c2ccc(-c3cccc(C)n3)nn2)n1.O.O.O.O.O.O.[CH3-].[Cl][Ni].[Ni]. The van der Waals surface area contributed by atoms with E-state index in [1.54, 1.807) is 0 Å². The second-order valence-corrected chi connectivity index (χ2v) is 4.63. The Hall–Kier alpha value is -1.58. The summed E-state index contributed by atoms with van der Waals surface area (Å²) in [4.78, 5) is 8.88. The summed E-state index contributed by atoms with van der Waals surface area (Å²) in [6.45, 7) is 3.92. The molecule has 3 aromatic heterocycles. The number of hydrogen-bond donors (Lipinski definition) is 0. The van der Waals surface area contributed by atoms with Crippen LogP contribution in [0.4, 0.5) is 0 Å². The Balaban J connectivity index is -0.000000103. The van der Waals surface area contributed by atoms with Gasteiger partial charge in [-0.15, -0.1) is 10.2 Å². The molecule has 0 fully saturated rings. The van der Waals surface area contributed by atoms with Crippen molar-refractivity contribution < 1.29 is 63.9 Å². The fourth-order valence-electron chi connectivity index (χ4n) is 1.98. The molecule has 3 heterocycles. The van der Waals surface area contributed by atoms with Gasteiger partial charge in [0.2, 0.25) is 0 Å². The van der Waals surface area contributed by atoms with Crippen molar-refractivity contribution in [3.05, 3.63) is 67.3 Å². The van der Waals surface area contributed by atoms with E-state index in [2.05, 4.69) is 44.9 Å². The summed E-state index contributed by atoms with van der Waals surface area (Å²) in [6.07, 6.45) is 0. The largest absolute Gasteiger partial charge is 0 e. The summed E-state index contributed by atoms with van der Waals surface area (Å²) in [5.74, 6) is 0. The second-order valence-electron chi connectivity index (χ2n) is 4.63. The van der Waals surface area contributed by atoms with Gasteiger partial charge < -0.3 is 40.3 Å². The van der Waals surface area contributed by atoms with Gasteiger partial charge in [-0.2, -0.15) is 0 Å². The Labute approximate surface area is 197 Å². The predicted molar refractivity (Wildman–Crippen MR) is 112 cm³/mol. The summed E-state index contributed by atoms with van der Waals surface area (Å²) >= 11 is 3.35. The first-order valence-corrected chi connectivity index (χ1v) is 7.92. The molecule has 0 saturated carbocycles. The number of nitrogens with zero attached hydrogens (tertiary/aromatic N) is 4. The van der Waals surface area contributed by atoms with Crippen molar-refractivity contribution in [2.75, 3.05) is 0 Å². The molecule has 181 valence electrons. The minimum Gasteiger partial charge on any atom is 0 e. The minimum absolute atomic E-state index is 0. The van der Waals surface area contributed by atoms with Gasteiger partial charge >= 0.3 is 24.8 Å². The topological polar surface area (TPSA) is 241 Å². The van der Waals surface area contributed by atoms with Crippen LogP contribution in [-0.2, 0) is 31.1 Å². The van der Waals surface area contributed by atoms with Gasteiger partial charge in [-0.05, 0) is 50.2 Å². The van der Waals surface area contributed by atoms with Crippen LogP contribution in [0.3, 0.4) is 0 Å². The van der Waals surface area contributed by atoms with Crippen LogP contribution in [0.1, 0.15) is 11.4 Å². The maximum Gasteiger partial charge on any atom is 0 e. The van der Waals surface area contributed by atoms with Crippen molar-refractivity contribution >= 4 is 10.2 Å². The van der Waals surface area contributed by atoms with Crippen molar-refractivity contribution in [1.82, 2.24) is 20.2 Å². The Bertz CT molecular complexity index is 709. The first kappa shape index (κ1) is 46.6. The zero-order chi connectivity index (χ0) is 15.9. The van der Waals surface area contributed by atoms with Crippen LogP contribution in [0.15, 0.2) is 48.5 Å². The first-order chi connectivity index (χ1) is 10.7. The fourth-order valence-corrected chi connectivity index (χ4v) is 1.98. The average Bonchev–Trinajstić information content (AvgIpc) is 2.57. The molecule has 13 heteroatoms. The molecule has 3 aromatic rings. The van der Waals surface area contributed by atoms with Gasteiger partial charge in [0.1, 0.15) is 11.4 Å². The van der Waals surface area contributed by atoms with E-state index in [0.29, 0.717) is 0 Å². The zero-order valence-electron chi connectivity index (χ0n) is 16.4. The van der Waals surface area contributed by atoms with E-state index < -0.39 is 0 Å². The van der Waals surface area contributed by atoms with E-state index >= 15 is 0 Å². The monoisotopic (exact) mass is 536 g/mol. The molecule has 0 aliphatic rings. The molecule has 0 radical (unpaired) electrons. The molecule has 0 unspecified atom stereocenters. The third-order valence-electron chi connectivity index (χ3n) is 2.97. The van der Waals surface area contributed by atoms with Crippen LogP contribution < -0.4 is 0 Å². The summed E-state index contributed by atoms with van der Waals surface area (Å²) in [6, 6.07) is 15.6. The van der Waals surface area contributed by atoms with Crippen molar-refractivity contribution in [1.29, 1.82) is 0 Å². The molecule has 0 atom stereocenters. The molecule has 0 saturated heterocycles. The minimum atomic E-state index is 0. The van der Waals surface area contributed by atoms with Gasteiger partial charge in [-0.1, -0.05) is 12.1 Å². The average molecular weight is 538 g/mol. The standard InChI is InChI=1S/C16H14N4.CH3.ClH.2Ni.6H2O/c1-11-5-3-7-13(17-11)15-9-10-16(20-19-15)14-8-4-6-12(2)18-14;;;;;;;;;;/h3-10H,1-2H3;1H3;1H;;;6*1H2/q;-1;;;+1;;;;;;/p-1. The molecule has 30 heavy (non-hydrogen) atoms. The Morgan fingerprint density at radius 3 is 1.10 bits per heavy atom. The maximum absolute atomic E-state index is 4.44. The summed E-state index contributed by atoms with van der Waals surface area (Å²) in [7, 11) is 4.26. The van der Waals surface area contributed by atoms with Gasteiger partial charge in [0.25, 0.3) is 0 Å². The van der Waals surface area contributed by atoms with Gasteiger partial charge in [0.15, 0.2) is 0 Å². The van der Waals surface area contributed by atoms with Crippen LogP contribution in [0.25, 0.3) is 22.8 Å². The van der Waals surface area contributed by atoms with Gasteiger partial charge in [0, 0.05) is 27.9 Å². The molecule has 0 amide bonds. The van der Waals surface area contributed by atoms with Gasteiger partial charge in [-0.3, -0.25) is 9.97 Å². The van der Waals surface area contributed by atoms with Crippen LogP contribution >= 0.6 is 10.2 Å². The van der Waals surface area contributed by atoms with Crippen molar-refractivity contribution in [2.24, 2.45) is 0 Å². The third-order valence-corrected chi connectivity index (χ3v) is 2.97.